The van der Waals surface area contributed by atoms with Gasteiger partial charge in [-0.15, -0.1) is 0 Å². The van der Waals surface area contributed by atoms with Crippen LogP contribution in [-0.2, 0) is 28.5 Å². The Morgan fingerprint density at radius 3 is 2.56 bits per heavy atom. The van der Waals surface area contributed by atoms with Gasteiger partial charge in [-0.3, -0.25) is 9.59 Å². The van der Waals surface area contributed by atoms with Crippen molar-refractivity contribution in [3.63, 3.8) is 0 Å². The van der Waals surface area contributed by atoms with E-state index in [1.165, 1.54) is 18.6 Å². The number of carbonyl (C=O) groups excluding carboxylic acids is 2. The van der Waals surface area contributed by atoms with Crippen molar-refractivity contribution in [3.05, 3.63) is 36.0 Å². The third kappa shape index (κ3) is 8.07. The molecule has 3 aliphatic rings. The molecule has 1 spiro atoms. The molecular formula is C27H41NO6. The smallest absolute Gasteiger partial charge is 0.303 e. The minimum atomic E-state index is -0.438. The summed E-state index contributed by atoms with van der Waals surface area (Å²) in [5.74, 6) is -0.263. The number of nitrogens with one attached hydrogen (secondary N) is 1. The van der Waals surface area contributed by atoms with E-state index in [0.29, 0.717) is 5.92 Å². The van der Waals surface area contributed by atoms with E-state index < -0.39 is 6.10 Å². The average Bonchev–Trinajstić information content (AvgIpc) is 3.48. The minimum absolute atomic E-state index is 0.0557. The third-order valence-corrected chi connectivity index (χ3v) is 6.85. The van der Waals surface area contributed by atoms with Crippen LogP contribution in [-0.4, -0.2) is 60.6 Å². The Balaban J connectivity index is 1.44. The summed E-state index contributed by atoms with van der Waals surface area (Å²) in [6.45, 7) is 12.3. The Morgan fingerprint density at radius 1 is 1.15 bits per heavy atom. The molecule has 1 amide bonds. The van der Waals surface area contributed by atoms with Gasteiger partial charge in [0.1, 0.15) is 6.10 Å². The predicted octanol–water partition coefficient (Wildman–Crippen LogP) is 4.02. The minimum Gasteiger partial charge on any atom is -0.459 e. The first-order valence-electron chi connectivity index (χ1n) is 12.5. The van der Waals surface area contributed by atoms with E-state index in [-0.39, 0.29) is 47.9 Å². The van der Waals surface area contributed by atoms with Crippen LogP contribution in [0.3, 0.4) is 0 Å². The Morgan fingerprint density at radius 2 is 1.88 bits per heavy atom. The molecule has 1 N–H and O–H groups in total. The summed E-state index contributed by atoms with van der Waals surface area (Å²) in [6.07, 6.45) is 13.1. The maximum Gasteiger partial charge on any atom is 0.303 e. The van der Waals surface area contributed by atoms with Gasteiger partial charge in [0.15, 0.2) is 0 Å². The molecule has 3 saturated heterocycles. The Labute approximate surface area is 203 Å². The van der Waals surface area contributed by atoms with Gasteiger partial charge in [0.2, 0.25) is 5.91 Å². The lowest BCUT2D eigenvalue weighted by molar-refractivity contribution is -0.143. The molecule has 0 saturated carbocycles. The van der Waals surface area contributed by atoms with Gasteiger partial charge in [-0.25, -0.2) is 0 Å². The third-order valence-electron chi connectivity index (χ3n) is 6.85. The zero-order chi connectivity index (χ0) is 24.9. The number of rotatable bonds is 8. The van der Waals surface area contributed by atoms with E-state index in [1.54, 1.807) is 13.0 Å². The number of esters is 1. The van der Waals surface area contributed by atoms with Gasteiger partial charge in [-0.1, -0.05) is 30.7 Å². The number of allylic oxidation sites excluding steroid dienone is 2. The highest BCUT2D eigenvalue weighted by atomic mass is 16.6. The second-order valence-electron chi connectivity index (χ2n) is 10.3. The fourth-order valence-electron chi connectivity index (χ4n) is 4.92. The molecule has 0 aromatic rings. The van der Waals surface area contributed by atoms with Crippen molar-refractivity contribution in [2.45, 2.75) is 109 Å². The van der Waals surface area contributed by atoms with Crippen LogP contribution in [0, 0.1) is 5.92 Å². The molecule has 3 rings (SSSR count). The zero-order valence-corrected chi connectivity index (χ0v) is 21.4. The number of amides is 1. The lowest BCUT2D eigenvalue weighted by Crippen LogP contribution is -2.50. The molecule has 0 aromatic heterocycles. The molecule has 0 aliphatic carbocycles. The van der Waals surface area contributed by atoms with E-state index in [1.807, 2.05) is 6.92 Å². The normalized spacial score (nSPS) is 37.2. The van der Waals surface area contributed by atoms with Crippen LogP contribution in [0.15, 0.2) is 36.0 Å². The molecule has 7 heteroatoms. The van der Waals surface area contributed by atoms with Gasteiger partial charge in [0.05, 0.1) is 42.7 Å². The van der Waals surface area contributed by atoms with Crippen molar-refractivity contribution in [1.82, 2.24) is 5.32 Å². The largest absolute Gasteiger partial charge is 0.459 e. The van der Waals surface area contributed by atoms with Crippen LogP contribution in [0.5, 0.6) is 0 Å². The summed E-state index contributed by atoms with van der Waals surface area (Å²) in [6, 6.07) is -0.0557. The summed E-state index contributed by atoms with van der Waals surface area (Å²) >= 11 is 0. The van der Waals surface area contributed by atoms with E-state index in [0.717, 1.165) is 32.3 Å². The molecule has 0 radical (unpaired) electrons. The summed E-state index contributed by atoms with van der Waals surface area (Å²) in [4.78, 5) is 23.3. The topological polar surface area (TPSA) is 86.4 Å². The Hall–Kier alpha value is -1.96. The van der Waals surface area contributed by atoms with Gasteiger partial charge >= 0.3 is 5.97 Å². The summed E-state index contributed by atoms with van der Waals surface area (Å²) < 4.78 is 23.0. The molecule has 3 heterocycles. The van der Waals surface area contributed by atoms with E-state index in [4.69, 9.17) is 18.9 Å². The first-order chi connectivity index (χ1) is 16.0. The second kappa shape index (κ2) is 11.6. The van der Waals surface area contributed by atoms with Crippen LogP contribution in [0.25, 0.3) is 0 Å². The van der Waals surface area contributed by atoms with Crippen molar-refractivity contribution < 1.29 is 28.5 Å². The molecule has 8 atom stereocenters. The van der Waals surface area contributed by atoms with Gasteiger partial charge < -0.3 is 24.3 Å². The van der Waals surface area contributed by atoms with Crippen molar-refractivity contribution in [3.8, 4) is 0 Å². The first-order valence-corrected chi connectivity index (χ1v) is 12.5. The predicted molar refractivity (Wildman–Crippen MR) is 130 cm³/mol. The van der Waals surface area contributed by atoms with Crippen LogP contribution >= 0.6 is 0 Å². The number of hydrogen-bond donors (Lipinski definition) is 1. The van der Waals surface area contributed by atoms with Crippen molar-refractivity contribution in [2.24, 2.45) is 5.92 Å². The average molecular weight is 476 g/mol. The van der Waals surface area contributed by atoms with Gasteiger partial charge in [-0.05, 0) is 52.5 Å². The molecule has 7 nitrogen and oxygen atoms in total. The van der Waals surface area contributed by atoms with Crippen molar-refractivity contribution >= 4 is 11.9 Å². The second-order valence-corrected chi connectivity index (χ2v) is 10.3. The van der Waals surface area contributed by atoms with Crippen LogP contribution in [0.2, 0.25) is 0 Å². The van der Waals surface area contributed by atoms with Crippen LogP contribution in [0.4, 0.5) is 0 Å². The molecule has 0 unspecified atom stereocenters. The molecule has 34 heavy (non-hydrogen) atoms. The molecular weight excluding hydrogens is 434 g/mol. The Kier molecular flexibility index (Phi) is 9.13. The van der Waals surface area contributed by atoms with Gasteiger partial charge in [0.25, 0.3) is 0 Å². The quantitative estimate of drug-likeness (QED) is 0.247. The van der Waals surface area contributed by atoms with Gasteiger partial charge in [-0.2, -0.15) is 0 Å². The lowest BCUT2D eigenvalue weighted by Gasteiger charge is -2.39. The number of epoxide rings is 1. The zero-order valence-electron chi connectivity index (χ0n) is 21.4. The molecule has 3 fully saturated rings. The summed E-state index contributed by atoms with van der Waals surface area (Å²) in [5.41, 5.74) is 1.26. The maximum absolute atomic E-state index is 12.3. The van der Waals surface area contributed by atoms with Crippen molar-refractivity contribution in [1.29, 1.82) is 0 Å². The highest BCUT2D eigenvalue weighted by molar-refractivity contribution is 5.87. The van der Waals surface area contributed by atoms with Gasteiger partial charge in [0, 0.05) is 25.8 Å². The van der Waals surface area contributed by atoms with E-state index >= 15 is 0 Å². The summed E-state index contributed by atoms with van der Waals surface area (Å²) in [5, 5.41) is 3.02. The standard InChI is InChI=1S/C27H41NO6/c1-17(7-10-23-15-27(16-31-27)14-20(4)33-23)8-11-25-18(2)13-24(21(5)34-25)28-26(30)12-9-19(3)32-22(6)29/h7-10,12,18-21,23-25H,11,13-16H2,1-6H3,(H,28,30)/b10-7+,12-9-,17-8+/t18-,19-,20+,21+,23+,24+,25-,27-/m0/s1. The van der Waals surface area contributed by atoms with Crippen molar-refractivity contribution in [2.75, 3.05) is 6.61 Å². The summed E-state index contributed by atoms with van der Waals surface area (Å²) in [7, 11) is 0. The Bertz CT molecular complexity index is 814. The number of carbonyl (C=O) groups is 2. The fraction of sp³-hybridized carbons (Fsp3) is 0.704. The molecule has 0 bridgehead atoms. The maximum atomic E-state index is 12.3. The molecule has 3 aliphatic heterocycles. The monoisotopic (exact) mass is 475 g/mol. The number of hydrogen-bond acceptors (Lipinski definition) is 6. The highest BCUT2D eigenvalue weighted by Crippen LogP contribution is 2.42. The number of ether oxygens (including phenoxy) is 4. The van der Waals surface area contributed by atoms with E-state index in [2.05, 4.69) is 44.3 Å². The molecule has 190 valence electrons. The lowest BCUT2D eigenvalue weighted by atomic mass is 9.88. The first kappa shape index (κ1) is 26.6. The highest BCUT2D eigenvalue weighted by Gasteiger charge is 2.50. The SMILES string of the molecule is CC(=O)O[C@@H](C)/C=C\C(=O)N[C@@H]1C[C@H](C)[C@H](C/C=C(C)/C=C/[C@@H]2C[C@]3(CO3)C[C@@H](C)O2)O[C@@H]1C. The fourth-order valence-corrected chi connectivity index (χ4v) is 4.92. The van der Waals surface area contributed by atoms with E-state index in [9.17, 15) is 9.59 Å². The molecule has 0 aromatic carbocycles. The van der Waals surface area contributed by atoms with Crippen LogP contribution < -0.4 is 5.32 Å². The van der Waals surface area contributed by atoms with Crippen LogP contribution in [0.1, 0.15) is 67.2 Å².